The van der Waals surface area contributed by atoms with Gasteiger partial charge < -0.3 is 15.8 Å². The van der Waals surface area contributed by atoms with Gasteiger partial charge in [-0.25, -0.2) is 15.0 Å². The minimum Gasteiger partial charge on any atom is -0.497 e. The van der Waals surface area contributed by atoms with E-state index in [1.807, 2.05) is 35.2 Å². The van der Waals surface area contributed by atoms with Crippen LogP contribution in [0.1, 0.15) is 20.8 Å². The number of nitrogens with two attached hydrogens (primary N) is 1. The fraction of sp³-hybridized carbons (Fsp3) is 0.316. The lowest BCUT2D eigenvalue weighted by Gasteiger charge is -2.17. The number of fused-ring (bicyclic) bond motifs is 1. The van der Waals surface area contributed by atoms with Gasteiger partial charge in [0.15, 0.2) is 22.1 Å². The van der Waals surface area contributed by atoms with Crippen LogP contribution in [-0.2, 0) is 0 Å². The molecule has 1 aromatic carbocycles. The Morgan fingerprint density at radius 2 is 2.11 bits per heavy atom. The fourth-order valence-corrected chi connectivity index (χ4v) is 3.98. The maximum absolute atomic E-state index is 6.02. The van der Waals surface area contributed by atoms with Gasteiger partial charge in [0, 0.05) is 27.4 Å². The number of halogens is 1. The molecule has 7 nitrogen and oxygen atoms in total. The Morgan fingerprint density at radius 3 is 2.82 bits per heavy atom. The van der Waals surface area contributed by atoms with Crippen LogP contribution in [0.25, 0.3) is 17.4 Å². The van der Waals surface area contributed by atoms with Crippen molar-refractivity contribution in [2.24, 2.45) is 5.41 Å². The zero-order valence-electron chi connectivity index (χ0n) is 16.2. The van der Waals surface area contributed by atoms with E-state index in [2.05, 4.69) is 63.6 Å². The lowest BCUT2D eigenvalue weighted by molar-refractivity contribution is 0.402. The Bertz CT molecular complexity index is 1010. The summed E-state index contributed by atoms with van der Waals surface area (Å²) >= 11 is 3.83. The highest BCUT2D eigenvalue weighted by Crippen LogP contribution is 2.35. The molecule has 0 atom stereocenters. The average molecular weight is 510 g/mol. The molecule has 9 heteroatoms. The van der Waals surface area contributed by atoms with Crippen LogP contribution in [0.5, 0.6) is 5.75 Å². The molecule has 3 aromatic rings. The van der Waals surface area contributed by atoms with Crippen LogP contribution in [0.3, 0.4) is 0 Å². The number of nitrogens with zero attached hydrogens (tertiary/aromatic N) is 4. The van der Waals surface area contributed by atoms with Gasteiger partial charge in [-0.3, -0.25) is 4.57 Å². The van der Waals surface area contributed by atoms with E-state index in [9.17, 15) is 0 Å². The number of methoxy groups -OCH3 is 1. The minimum atomic E-state index is 0.183. The first-order valence-electron chi connectivity index (χ1n) is 8.68. The molecule has 148 valence electrons. The van der Waals surface area contributed by atoms with Crippen LogP contribution in [0, 0.1) is 8.99 Å². The molecule has 0 unspecified atom stereocenters. The van der Waals surface area contributed by atoms with E-state index in [0.29, 0.717) is 17.0 Å². The second-order valence-electron chi connectivity index (χ2n) is 7.35. The standard InChI is InChI=1S/C19H23IN6OS/c1-19(2,3)10-22-7-8-26-17-15(16(21)23-11-24-17)25-18(26)28-14-9-12(27-4)5-6-13(14)20/h5-9,11,22H,10H2,1-4H3,(H2,21,23,24)/b8-7+. The zero-order valence-corrected chi connectivity index (χ0v) is 19.2. The van der Waals surface area contributed by atoms with E-state index in [1.165, 1.54) is 18.1 Å². The summed E-state index contributed by atoms with van der Waals surface area (Å²) in [4.78, 5) is 14.2. The number of rotatable bonds is 6. The summed E-state index contributed by atoms with van der Waals surface area (Å²) in [5.41, 5.74) is 7.46. The number of aromatic nitrogens is 4. The Morgan fingerprint density at radius 1 is 1.32 bits per heavy atom. The first-order chi connectivity index (χ1) is 13.3. The van der Waals surface area contributed by atoms with Crippen molar-refractivity contribution in [3.8, 4) is 5.75 Å². The van der Waals surface area contributed by atoms with E-state index in [1.54, 1.807) is 7.11 Å². The van der Waals surface area contributed by atoms with Gasteiger partial charge in [0.25, 0.3) is 0 Å². The maximum atomic E-state index is 6.02. The molecule has 0 aliphatic rings. The van der Waals surface area contributed by atoms with Crippen molar-refractivity contribution in [1.82, 2.24) is 24.8 Å². The number of hydrogen-bond acceptors (Lipinski definition) is 7. The quantitative estimate of drug-likeness (QED) is 0.480. The molecule has 0 saturated heterocycles. The monoisotopic (exact) mass is 510 g/mol. The van der Waals surface area contributed by atoms with Gasteiger partial charge in [-0.15, -0.1) is 0 Å². The highest BCUT2D eigenvalue weighted by atomic mass is 127. The Hall–Kier alpha value is -2.01. The molecule has 0 aliphatic carbocycles. The molecule has 2 heterocycles. The summed E-state index contributed by atoms with van der Waals surface area (Å²) in [6, 6.07) is 5.95. The second kappa shape index (κ2) is 8.56. The van der Waals surface area contributed by atoms with E-state index < -0.39 is 0 Å². The van der Waals surface area contributed by atoms with E-state index in [4.69, 9.17) is 10.5 Å². The topological polar surface area (TPSA) is 90.9 Å². The summed E-state index contributed by atoms with van der Waals surface area (Å²) in [5, 5.41) is 4.08. The molecule has 3 rings (SSSR count). The van der Waals surface area contributed by atoms with Crippen molar-refractivity contribution in [3.63, 3.8) is 0 Å². The van der Waals surface area contributed by atoms with Crippen LogP contribution in [0.4, 0.5) is 5.82 Å². The van der Waals surface area contributed by atoms with Crippen molar-refractivity contribution in [3.05, 3.63) is 34.3 Å². The average Bonchev–Trinajstić information content (AvgIpc) is 2.98. The molecule has 0 saturated carbocycles. The largest absolute Gasteiger partial charge is 0.497 e. The van der Waals surface area contributed by atoms with E-state index in [0.717, 1.165) is 25.9 Å². The SMILES string of the molecule is COc1ccc(I)c(Sc2nc3c(N)ncnc3n2/C=C/NCC(C)(C)C)c1. The minimum absolute atomic E-state index is 0.183. The Labute approximate surface area is 182 Å². The smallest absolute Gasteiger partial charge is 0.179 e. The molecule has 2 aromatic heterocycles. The first kappa shape index (κ1) is 20.7. The number of anilines is 1. The number of hydrogen-bond donors (Lipinski definition) is 2. The zero-order chi connectivity index (χ0) is 20.3. The number of ether oxygens (including phenoxy) is 1. The van der Waals surface area contributed by atoms with Crippen molar-refractivity contribution in [1.29, 1.82) is 0 Å². The Kier molecular flexibility index (Phi) is 6.33. The van der Waals surface area contributed by atoms with Crippen LogP contribution >= 0.6 is 34.4 Å². The molecule has 0 bridgehead atoms. The summed E-state index contributed by atoms with van der Waals surface area (Å²) in [6.07, 6.45) is 5.28. The highest BCUT2D eigenvalue weighted by molar-refractivity contribution is 14.1. The molecule has 0 radical (unpaired) electrons. The van der Waals surface area contributed by atoms with E-state index in [-0.39, 0.29) is 5.41 Å². The third-order valence-corrected chi connectivity index (χ3v) is 6.12. The van der Waals surface area contributed by atoms with Crippen molar-refractivity contribution >= 4 is 57.5 Å². The number of nitrogen functional groups attached to an aromatic ring is 1. The van der Waals surface area contributed by atoms with Crippen molar-refractivity contribution in [2.75, 3.05) is 19.4 Å². The normalized spacial score (nSPS) is 12.0. The van der Waals surface area contributed by atoms with Gasteiger partial charge >= 0.3 is 0 Å². The van der Waals surface area contributed by atoms with Crippen LogP contribution < -0.4 is 15.8 Å². The summed E-state index contributed by atoms with van der Waals surface area (Å²) in [7, 11) is 1.66. The predicted octanol–water partition coefficient (Wildman–Crippen LogP) is 4.24. The maximum Gasteiger partial charge on any atom is 0.179 e. The van der Waals surface area contributed by atoms with Crippen LogP contribution in [-0.4, -0.2) is 33.2 Å². The highest BCUT2D eigenvalue weighted by Gasteiger charge is 2.16. The van der Waals surface area contributed by atoms with E-state index >= 15 is 0 Å². The fourth-order valence-electron chi connectivity index (χ4n) is 2.39. The Balaban J connectivity index is 1.99. The second-order valence-corrected chi connectivity index (χ2v) is 9.52. The number of benzene rings is 1. The molecular weight excluding hydrogens is 487 g/mol. The van der Waals surface area contributed by atoms with Crippen LogP contribution in [0.2, 0.25) is 0 Å². The summed E-state index contributed by atoms with van der Waals surface area (Å²) < 4.78 is 8.38. The molecule has 0 aliphatic heterocycles. The van der Waals surface area contributed by atoms with Crippen LogP contribution in [0.15, 0.2) is 40.8 Å². The number of imidazole rings is 1. The van der Waals surface area contributed by atoms with Gasteiger partial charge in [-0.2, -0.15) is 0 Å². The first-order valence-corrected chi connectivity index (χ1v) is 10.6. The molecule has 3 N–H and O–H groups in total. The predicted molar refractivity (Wildman–Crippen MR) is 122 cm³/mol. The molecule has 28 heavy (non-hydrogen) atoms. The third kappa shape index (κ3) is 4.88. The lowest BCUT2D eigenvalue weighted by atomic mass is 9.97. The number of nitrogens with one attached hydrogen (secondary N) is 1. The molecule has 0 amide bonds. The lowest BCUT2D eigenvalue weighted by Crippen LogP contribution is -2.22. The van der Waals surface area contributed by atoms with Gasteiger partial charge in [0.05, 0.1) is 7.11 Å². The van der Waals surface area contributed by atoms with Crippen molar-refractivity contribution < 1.29 is 4.74 Å². The van der Waals surface area contributed by atoms with Crippen molar-refractivity contribution in [2.45, 2.75) is 30.8 Å². The van der Waals surface area contributed by atoms with Gasteiger partial charge in [0.1, 0.15) is 12.1 Å². The third-order valence-electron chi connectivity index (χ3n) is 3.79. The molecule has 0 fully saturated rings. The summed E-state index contributed by atoms with van der Waals surface area (Å²) in [5.74, 6) is 1.16. The molecular formula is C19H23IN6OS. The van der Waals surface area contributed by atoms with Gasteiger partial charge in [-0.1, -0.05) is 20.8 Å². The van der Waals surface area contributed by atoms with Gasteiger partial charge in [0.2, 0.25) is 0 Å². The van der Waals surface area contributed by atoms with Gasteiger partial charge in [-0.05, 0) is 58.0 Å². The molecule has 0 spiro atoms. The summed E-state index contributed by atoms with van der Waals surface area (Å²) in [6.45, 7) is 7.39.